The monoisotopic (exact) mass is 275 g/mol. The molecule has 2 rings (SSSR count). The fraction of sp³-hybridized carbons (Fsp3) is 0.333. The minimum Gasteiger partial charge on any atom is -0.465 e. The largest absolute Gasteiger partial charge is 0.465 e. The molecule has 0 atom stereocenters. The number of aromatic nitrogens is 1. The Hall–Kier alpha value is -1.68. The number of hydrogen-bond donors (Lipinski definition) is 0. The van der Waals surface area contributed by atoms with Gasteiger partial charge in [0, 0.05) is 5.56 Å². The number of carbonyl (C=O) groups is 1. The number of hydrogen-bond acceptors (Lipinski definition) is 4. The van der Waals surface area contributed by atoms with Crippen molar-refractivity contribution in [3.8, 4) is 10.6 Å². The van der Waals surface area contributed by atoms with Gasteiger partial charge in [-0.2, -0.15) is 0 Å². The summed E-state index contributed by atoms with van der Waals surface area (Å²) >= 11 is 1.35. The quantitative estimate of drug-likeness (QED) is 0.797. The van der Waals surface area contributed by atoms with Gasteiger partial charge in [-0.25, -0.2) is 9.78 Å². The minimum atomic E-state index is -0.333. The second-order valence-corrected chi connectivity index (χ2v) is 5.85. The molecular formula is C15H17NO2S. The summed E-state index contributed by atoms with van der Waals surface area (Å²) in [5.41, 5.74) is 2.36. The Bertz CT molecular complexity index is 558. The van der Waals surface area contributed by atoms with Gasteiger partial charge in [-0.1, -0.05) is 38.1 Å². The number of methoxy groups -OCH3 is 1. The highest BCUT2D eigenvalue weighted by molar-refractivity contribution is 7.16. The molecule has 0 spiro atoms. The SMILES string of the molecule is COC(=O)c1cnc(-c2ccc(CC(C)C)cc2)s1. The minimum absolute atomic E-state index is 0.333. The van der Waals surface area contributed by atoms with Crippen molar-refractivity contribution in [2.24, 2.45) is 5.92 Å². The van der Waals surface area contributed by atoms with Crippen LogP contribution in [0.15, 0.2) is 30.5 Å². The Morgan fingerprint density at radius 2 is 2.00 bits per heavy atom. The van der Waals surface area contributed by atoms with Gasteiger partial charge in [0.2, 0.25) is 0 Å². The molecule has 1 aromatic heterocycles. The van der Waals surface area contributed by atoms with Crippen molar-refractivity contribution in [1.82, 2.24) is 4.98 Å². The Balaban J connectivity index is 2.18. The Kier molecular flexibility index (Phi) is 4.32. The van der Waals surface area contributed by atoms with Crippen LogP contribution in [-0.4, -0.2) is 18.1 Å². The third-order valence-corrected chi connectivity index (χ3v) is 3.76. The van der Waals surface area contributed by atoms with Crippen molar-refractivity contribution < 1.29 is 9.53 Å². The normalized spacial score (nSPS) is 10.7. The highest BCUT2D eigenvalue weighted by Crippen LogP contribution is 2.26. The smallest absolute Gasteiger partial charge is 0.349 e. The third kappa shape index (κ3) is 3.41. The first-order valence-corrected chi connectivity index (χ1v) is 7.05. The zero-order chi connectivity index (χ0) is 13.8. The highest BCUT2D eigenvalue weighted by atomic mass is 32.1. The molecule has 0 N–H and O–H groups in total. The van der Waals surface area contributed by atoms with E-state index in [1.54, 1.807) is 6.20 Å². The second kappa shape index (κ2) is 5.97. The van der Waals surface area contributed by atoms with Gasteiger partial charge in [-0.05, 0) is 17.9 Å². The number of ether oxygens (including phenoxy) is 1. The van der Waals surface area contributed by atoms with E-state index in [2.05, 4.69) is 47.8 Å². The van der Waals surface area contributed by atoms with E-state index in [1.807, 2.05) is 0 Å². The van der Waals surface area contributed by atoms with E-state index in [0.717, 1.165) is 17.0 Å². The molecule has 0 bridgehead atoms. The van der Waals surface area contributed by atoms with Crippen LogP contribution in [0.25, 0.3) is 10.6 Å². The summed E-state index contributed by atoms with van der Waals surface area (Å²) in [6.07, 6.45) is 2.64. The van der Waals surface area contributed by atoms with Crippen LogP contribution in [0.2, 0.25) is 0 Å². The van der Waals surface area contributed by atoms with Crippen LogP contribution >= 0.6 is 11.3 Å². The fourth-order valence-corrected chi connectivity index (χ4v) is 2.70. The van der Waals surface area contributed by atoms with Crippen molar-refractivity contribution in [3.63, 3.8) is 0 Å². The van der Waals surface area contributed by atoms with Crippen molar-refractivity contribution in [1.29, 1.82) is 0 Å². The van der Waals surface area contributed by atoms with Crippen molar-refractivity contribution in [2.75, 3.05) is 7.11 Å². The predicted molar refractivity (Wildman–Crippen MR) is 77.4 cm³/mol. The lowest BCUT2D eigenvalue weighted by atomic mass is 10.0. The van der Waals surface area contributed by atoms with E-state index in [1.165, 1.54) is 24.0 Å². The number of thiazole rings is 1. The first-order valence-electron chi connectivity index (χ1n) is 6.23. The van der Waals surface area contributed by atoms with Crippen LogP contribution in [0.4, 0.5) is 0 Å². The van der Waals surface area contributed by atoms with Crippen LogP contribution in [0.5, 0.6) is 0 Å². The first-order chi connectivity index (χ1) is 9.10. The molecule has 1 aromatic carbocycles. The van der Waals surface area contributed by atoms with Crippen molar-refractivity contribution >= 4 is 17.3 Å². The Labute approximate surface area is 117 Å². The first kappa shape index (κ1) is 13.7. The molecule has 0 fully saturated rings. The van der Waals surface area contributed by atoms with Crippen LogP contribution in [0, 0.1) is 5.92 Å². The molecule has 2 aromatic rings. The summed E-state index contributed by atoms with van der Waals surface area (Å²) < 4.78 is 4.68. The maximum absolute atomic E-state index is 11.4. The number of nitrogens with zero attached hydrogens (tertiary/aromatic N) is 1. The molecular weight excluding hydrogens is 258 g/mol. The number of benzene rings is 1. The molecule has 0 radical (unpaired) electrons. The molecule has 0 aliphatic heterocycles. The van der Waals surface area contributed by atoms with E-state index in [4.69, 9.17) is 0 Å². The van der Waals surface area contributed by atoms with E-state index < -0.39 is 0 Å². The van der Waals surface area contributed by atoms with Gasteiger partial charge in [-0.15, -0.1) is 11.3 Å². The summed E-state index contributed by atoms with van der Waals surface area (Å²) in [5, 5.41) is 0.844. The topological polar surface area (TPSA) is 39.2 Å². The van der Waals surface area contributed by atoms with E-state index in [0.29, 0.717) is 10.8 Å². The zero-order valence-corrected chi connectivity index (χ0v) is 12.2. The van der Waals surface area contributed by atoms with Crippen LogP contribution in [-0.2, 0) is 11.2 Å². The molecule has 4 heteroatoms. The van der Waals surface area contributed by atoms with Crippen molar-refractivity contribution in [3.05, 3.63) is 40.9 Å². The summed E-state index contributed by atoms with van der Waals surface area (Å²) in [6.45, 7) is 4.41. The summed E-state index contributed by atoms with van der Waals surface area (Å²) in [7, 11) is 1.38. The van der Waals surface area contributed by atoms with Gasteiger partial charge >= 0.3 is 5.97 Å². The number of rotatable bonds is 4. The molecule has 100 valence electrons. The van der Waals surface area contributed by atoms with Crippen LogP contribution < -0.4 is 0 Å². The highest BCUT2D eigenvalue weighted by Gasteiger charge is 2.11. The predicted octanol–water partition coefficient (Wildman–Crippen LogP) is 3.80. The zero-order valence-electron chi connectivity index (χ0n) is 11.3. The van der Waals surface area contributed by atoms with Crippen LogP contribution in [0.1, 0.15) is 29.1 Å². The molecule has 0 saturated carbocycles. The van der Waals surface area contributed by atoms with Gasteiger partial charge in [0.25, 0.3) is 0 Å². The lowest BCUT2D eigenvalue weighted by molar-refractivity contribution is 0.0606. The van der Waals surface area contributed by atoms with Crippen molar-refractivity contribution in [2.45, 2.75) is 20.3 Å². The second-order valence-electron chi connectivity index (χ2n) is 4.82. The summed E-state index contributed by atoms with van der Waals surface area (Å²) in [4.78, 5) is 16.2. The molecule has 0 unspecified atom stereocenters. The molecule has 0 saturated heterocycles. The Morgan fingerprint density at radius 1 is 1.32 bits per heavy atom. The maximum atomic E-state index is 11.4. The van der Waals surface area contributed by atoms with Gasteiger partial charge in [0.15, 0.2) is 0 Å². The average molecular weight is 275 g/mol. The molecule has 3 nitrogen and oxygen atoms in total. The third-order valence-electron chi connectivity index (χ3n) is 2.74. The van der Waals surface area contributed by atoms with E-state index >= 15 is 0 Å². The van der Waals surface area contributed by atoms with Crippen LogP contribution in [0.3, 0.4) is 0 Å². The molecule has 0 aliphatic rings. The number of esters is 1. The fourth-order valence-electron chi connectivity index (χ4n) is 1.86. The Morgan fingerprint density at radius 3 is 2.58 bits per heavy atom. The van der Waals surface area contributed by atoms with Gasteiger partial charge in [0.05, 0.1) is 13.3 Å². The summed E-state index contributed by atoms with van der Waals surface area (Å²) in [5.74, 6) is 0.316. The lowest BCUT2D eigenvalue weighted by Crippen LogP contribution is -1.96. The van der Waals surface area contributed by atoms with Gasteiger partial charge < -0.3 is 4.74 Å². The number of carbonyl (C=O) groups excluding carboxylic acids is 1. The summed E-state index contributed by atoms with van der Waals surface area (Å²) in [6, 6.07) is 8.35. The molecule has 19 heavy (non-hydrogen) atoms. The maximum Gasteiger partial charge on any atom is 0.349 e. The average Bonchev–Trinajstić information content (AvgIpc) is 2.87. The standard InChI is InChI=1S/C15H17NO2S/c1-10(2)8-11-4-6-12(7-5-11)14-16-9-13(19-14)15(17)18-3/h4-7,9-10H,8H2,1-3H3. The van der Waals surface area contributed by atoms with E-state index in [9.17, 15) is 4.79 Å². The van der Waals surface area contributed by atoms with Gasteiger partial charge in [0.1, 0.15) is 9.88 Å². The van der Waals surface area contributed by atoms with E-state index in [-0.39, 0.29) is 5.97 Å². The lowest BCUT2D eigenvalue weighted by Gasteiger charge is -2.05. The molecule has 0 aliphatic carbocycles. The van der Waals surface area contributed by atoms with Gasteiger partial charge in [-0.3, -0.25) is 0 Å². The molecule has 1 heterocycles. The molecule has 0 amide bonds.